The molecule has 1 heterocycles. The van der Waals surface area contributed by atoms with Gasteiger partial charge < -0.3 is 10.2 Å². The van der Waals surface area contributed by atoms with Crippen molar-refractivity contribution in [3.63, 3.8) is 0 Å². The number of halogens is 2. The van der Waals surface area contributed by atoms with E-state index in [-0.39, 0.29) is 11.8 Å². The minimum absolute atomic E-state index is 0.0278. The van der Waals surface area contributed by atoms with Crippen LogP contribution in [0.5, 0.6) is 0 Å². The number of benzene rings is 2. The van der Waals surface area contributed by atoms with E-state index < -0.39 is 5.54 Å². The first-order valence-electron chi connectivity index (χ1n) is 10.5. The fourth-order valence-electron chi connectivity index (χ4n) is 4.45. The van der Waals surface area contributed by atoms with Gasteiger partial charge in [0.05, 0.1) is 0 Å². The maximum Gasteiger partial charge on any atom is 0.250 e. The highest BCUT2D eigenvalue weighted by Crippen LogP contribution is 2.34. The molecular formula is C24H26Cl2N2O2. The molecule has 0 saturated carbocycles. The van der Waals surface area contributed by atoms with E-state index in [9.17, 15) is 9.59 Å². The molecule has 4 nitrogen and oxygen atoms in total. The lowest BCUT2D eigenvalue weighted by Crippen LogP contribution is -2.66. The summed E-state index contributed by atoms with van der Waals surface area (Å²) >= 11 is 12.2. The normalized spacial score (nSPS) is 20.3. The van der Waals surface area contributed by atoms with E-state index in [0.717, 1.165) is 30.5 Å². The summed E-state index contributed by atoms with van der Waals surface area (Å²) in [6, 6.07) is 11.4. The van der Waals surface area contributed by atoms with Crippen LogP contribution in [0.3, 0.4) is 0 Å². The van der Waals surface area contributed by atoms with Gasteiger partial charge in [-0.1, -0.05) is 41.4 Å². The Bertz CT molecular complexity index is 991. The Balaban J connectivity index is 1.42. The molecule has 1 fully saturated rings. The first-order valence-corrected chi connectivity index (χ1v) is 11.3. The van der Waals surface area contributed by atoms with Crippen molar-refractivity contribution in [2.75, 3.05) is 11.9 Å². The quantitative estimate of drug-likeness (QED) is 0.667. The van der Waals surface area contributed by atoms with Gasteiger partial charge in [-0.05, 0) is 80.3 Å². The molecule has 158 valence electrons. The van der Waals surface area contributed by atoms with Gasteiger partial charge in [-0.2, -0.15) is 0 Å². The zero-order chi connectivity index (χ0) is 21.3. The average molecular weight is 445 g/mol. The minimum Gasteiger partial charge on any atom is -0.328 e. The van der Waals surface area contributed by atoms with Crippen LogP contribution < -0.4 is 5.32 Å². The topological polar surface area (TPSA) is 49.4 Å². The molecule has 6 heteroatoms. The lowest BCUT2D eigenvalue weighted by atomic mass is 9.84. The van der Waals surface area contributed by atoms with Crippen molar-refractivity contribution in [1.29, 1.82) is 0 Å². The van der Waals surface area contributed by atoms with Crippen LogP contribution in [0.2, 0.25) is 10.0 Å². The average Bonchev–Trinajstić information content (AvgIpc) is 2.72. The van der Waals surface area contributed by atoms with E-state index in [0.29, 0.717) is 35.9 Å². The van der Waals surface area contributed by atoms with Crippen molar-refractivity contribution in [3.05, 3.63) is 63.1 Å². The Labute approximate surface area is 187 Å². The molecule has 1 saturated heterocycles. The number of anilines is 1. The number of fused-ring (bicyclic) bond motifs is 1. The molecule has 1 unspecified atom stereocenters. The molecule has 2 aromatic carbocycles. The van der Waals surface area contributed by atoms with Gasteiger partial charge in [0.1, 0.15) is 5.54 Å². The molecule has 0 aromatic heterocycles. The molecule has 2 aromatic rings. The summed E-state index contributed by atoms with van der Waals surface area (Å²) in [5.74, 6) is -0.134. The predicted octanol–water partition coefficient (Wildman–Crippen LogP) is 5.43. The molecule has 0 spiro atoms. The van der Waals surface area contributed by atoms with E-state index in [2.05, 4.69) is 11.4 Å². The van der Waals surface area contributed by atoms with Gasteiger partial charge in [-0.15, -0.1) is 0 Å². The highest BCUT2D eigenvalue weighted by atomic mass is 35.5. The van der Waals surface area contributed by atoms with Crippen LogP contribution >= 0.6 is 23.2 Å². The smallest absolute Gasteiger partial charge is 0.250 e. The Hall–Kier alpha value is -2.04. The third kappa shape index (κ3) is 4.08. The second-order valence-corrected chi connectivity index (χ2v) is 9.25. The van der Waals surface area contributed by atoms with Gasteiger partial charge in [0.2, 0.25) is 11.8 Å². The van der Waals surface area contributed by atoms with Gasteiger partial charge in [0.15, 0.2) is 0 Å². The minimum atomic E-state index is -0.807. The summed E-state index contributed by atoms with van der Waals surface area (Å²) in [6.07, 6.45) is 5.90. The molecule has 1 aliphatic heterocycles. The van der Waals surface area contributed by atoms with E-state index in [4.69, 9.17) is 23.2 Å². The molecule has 1 atom stereocenters. The lowest BCUT2D eigenvalue weighted by molar-refractivity contribution is -0.154. The number of aryl methyl sites for hydroxylation is 2. The number of likely N-dealkylation sites (tertiary alicyclic amines) is 1. The highest BCUT2D eigenvalue weighted by molar-refractivity contribution is 6.35. The van der Waals surface area contributed by atoms with E-state index in [1.807, 2.05) is 25.1 Å². The van der Waals surface area contributed by atoms with Crippen LogP contribution in [0.1, 0.15) is 49.3 Å². The summed E-state index contributed by atoms with van der Waals surface area (Å²) in [7, 11) is 0. The monoisotopic (exact) mass is 444 g/mol. The molecule has 0 bridgehead atoms. The molecule has 0 radical (unpaired) electrons. The molecule has 1 N–H and O–H groups in total. The van der Waals surface area contributed by atoms with E-state index in [1.54, 1.807) is 17.0 Å². The zero-order valence-electron chi connectivity index (χ0n) is 17.1. The number of carbonyl (C=O) groups is 2. The van der Waals surface area contributed by atoms with Gasteiger partial charge >= 0.3 is 0 Å². The van der Waals surface area contributed by atoms with E-state index >= 15 is 0 Å². The SMILES string of the molecule is CC1(C(=O)Nc2cccc3c2CCCC3)CCN1C(=O)CCc1ccc(Cl)cc1Cl. The number of nitrogens with one attached hydrogen (secondary N) is 1. The van der Waals surface area contributed by atoms with E-state index in [1.165, 1.54) is 17.5 Å². The summed E-state index contributed by atoms with van der Waals surface area (Å²) in [4.78, 5) is 27.7. The second-order valence-electron chi connectivity index (χ2n) is 8.41. The Morgan fingerprint density at radius 1 is 1.13 bits per heavy atom. The molecule has 30 heavy (non-hydrogen) atoms. The summed E-state index contributed by atoms with van der Waals surface area (Å²) < 4.78 is 0. The highest BCUT2D eigenvalue weighted by Gasteiger charge is 2.49. The fraction of sp³-hybridized carbons (Fsp3) is 0.417. The standard InChI is InChI=1S/C24H26Cl2N2O2/c1-24(23(30)27-21-8-4-6-16-5-2-3-7-19(16)21)13-14-28(24)22(29)12-10-17-9-11-18(25)15-20(17)26/h4,6,8-9,11,15H,2-3,5,7,10,12-14H2,1H3,(H,27,30). The van der Waals surface area contributed by atoms with Crippen molar-refractivity contribution in [1.82, 2.24) is 4.90 Å². The summed E-state index contributed by atoms with van der Waals surface area (Å²) in [5.41, 5.74) is 3.54. The van der Waals surface area contributed by atoms with Crippen LogP contribution in [0.4, 0.5) is 5.69 Å². The van der Waals surface area contributed by atoms with Gasteiger partial charge in [0.25, 0.3) is 0 Å². The first kappa shape index (κ1) is 21.2. The lowest BCUT2D eigenvalue weighted by Gasteiger charge is -2.49. The molecule has 2 amide bonds. The van der Waals surface area contributed by atoms with Crippen molar-refractivity contribution in [2.24, 2.45) is 0 Å². The van der Waals surface area contributed by atoms with Crippen molar-refractivity contribution in [3.8, 4) is 0 Å². The Kier molecular flexibility index (Phi) is 6.08. The number of nitrogens with zero attached hydrogens (tertiary/aromatic N) is 1. The maximum atomic E-state index is 13.1. The Morgan fingerprint density at radius 3 is 2.67 bits per heavy atom. The van der Waals surface area contributed by atoms with Crippen molar-refractivity contribution >= 4 is 40.7 Å². The molecule has 1 aliphatic carbocycles. The first-order chi connectivity index (χ1) is 14.4. The fourth-order valence-corrected chi connectivity index (χ4v) is 4.95. The number of hydrogen-bond acceptors (Lipinski definition) is 2. The van der Waals surface area contributed by atoms with Crippen molar-refractivity contribution in [2.45, 2.75) is 57.4 Å². The third-order valence-corrected chi connectivity index (χ3v) is 7.06. The maximum absolute atomic E-state index is 13.1. The molecular weight excluding hydrogens is 419 g/mol. The third-order valence-electron chi connectivity index (χ3n) is 6.48. The largest absolute Gasteiger partial charge is 0.328 e. The van der Waals surface area contributed by atoms with Crippen LogP contribution in [0.15, 0.2) is 36.4 Å². The van der Waals surface area contributed by atoms with Crippen LogP contribution in [-0.4, -0.2) is 28.8 Å². The number of rotatable bonds is 5. The molecule has 2 aliphatic rings. The summed E-state index contributed by atoms with van der Waals surface area (Å²) in [5, 5.41) is 4.26. The van der Waals surface area contributed by atoms with Gasteiger partial charge in [-0.25, -0.2) is 0 Å². The van der Waals surface area contributed by atoms with Gasteiger partial charge in [0, 0.05) is 28.7 Å². The van der Waals surface area contributed by atoms with Gasteiger partial charge in [-0.3, -0.25) is 9.59 Å². The van der Waals surface area contributed by atoms with Crippen molar-refractivity contribution < 1.29 is 9.59 Å². The second kappa shape index (κ2) is 8.60. The van der Waals surface area contributed by atoms with Crippen LogP contribution in [-0.2, 0) is 28.9 Å². The number of carbonyl (C=O) groups excluding carboxylic acids is 2. The molecule has 4 rings (SSSR count). The zero-order valence-corrected chi connectivity index (χ0v) is 18.7. The van der Waals surface area contributed by atoms with Crippen LogP contribution in [0.25, 0.3) is 0 Å². The predicted molar refractivity (Wildman–Crippen MR) is 121 cm³/mol. The van der Waals surface area contributed by atoms with Crippen LogP contribution in [0, 0.1) is 0 Å². The number of hydrogen-bond donors (Lipinski definition) is 1. The Morgan fingerprint density at radius 2 is 1.93 bits per heavy atom. The number of amides is 2. The summed E-state index contributed by atoms with van der Waals surface area (Å²) in [6.45, 7) is 2.46.